The molecule has 0 aliphatic carbocycles. The Morgan fingerprint density at radius 2 is 1.58 bits per heavy atom. The lowest BCUT2D eigenvalue weighted by atomic mass is 10.1. The van der Waals surface area contributed by atoms with Crippen LogP contribution in [0, 0.1) is 0 Å². The van der Waals surface area contributed by atoms with E-state index in [-0.39, 0.29) is 5.91 Å². The first-order valence-corrected chi connectivity index (χ1v) is 6.16. The molecule has 98 valence electrons. The minimum atomic E-state index is -0.571. The van der Waals surface area contributed by atoms with Crippen molar-refractivity contribution in [2.45, 2.75) is 12.5 Å². The summed E-state index contributed by atoms with van der Waals surface area (Å²) in [5.74, 6) is -0.229. The molecule has 0 fully saturated rings. The summed E-state index contributed by atoms with van der Waals surface area (Å²) >= 11 is 0. The Bertz CT molecular complexity index is 513. The number of carbonyl (C=O) groups excluding carboxylic acids is 1. The SMILES string of the molecule is N[C@@H](Cc1ccccc1)C(=O)NNc1ccccc1. The highest BCUT2D eigenvalue weighted by Crippen LogP contribution is 2.04. The molecule has 2 rings (SSSR count). The van der Waals surface area contributed by atoms with Crippen LogP contribution in [0.1, 0.15) is 5.56 Å². The Hall–Kier alpha value is -2.33. The van der Waals surface area contributed by atoms with Crippen LogP contribution in [0.3, 0.4) is 0 Å². The highest BCUT2D eigenvalue weighted by molar-refractivity contribution is 5.82. The fourth-order valence-corrected chi connectivity index (χ4v) is 1.71. The topological polar surface area (TPSA) is 67.2 Å². The van der Waals surface area contributed by atoms with Gasteiger partial charge in [0.2, 0.25) is 0 Å². The van der Waals surface area contributed by atoms with Crippen molar-refractivity contribution >= 4 is 11.6 Å². The first-order valence-electron chi connectivity index (χ1n) is 6.16. The van der Waals surface area contributed by atoms with Crippen LogP contribution in [0.4, 0.5) is 5.69 Å². The third kappa shape index (κ3) is 4.12. The van der Waals surface area contributed by atoms with Crippen LogP contribution in [0.15, 0.2) is 60.7 Å². The number of hydrogen-bond donors (Lipinski definition) is 3. The molecule has 0 radical (unpaired) electrons. The second-order valence-electron chi connectivity index (χ2n) is 4.28. The van der Waals surface area contributed by atoms with Crippen molar-refractivity contribution < 1.29 is 4.79 Å². The van der Waals surface area contributed by atoms with Crippen molar-refractivity contribution in [3.8, 4) is 0 Å². The van der Waals surface area contributed by atoms with Crippen molar-refractivity contribution in [1.82, 2.24) is 5.43 Å². The average molecular weight is 255 g/mol. The van der Waals surface area contributed by atoms with E-state index in [9.17, 15) is 4.79 Å². The van der Waals surface area contributed by atoms with Gasteiger partial charge in [0.05, 0.1) is 11.7 Å². The summed E-state index contributed by atoms with van der Waals surface area (Å²) < 4.78 is 0. The Kier molecular flexibility index (Phi) is 4.53. The van der Waals surface area contributed by atoms with E-state index in [2.05, 4.69) is 10.9 Å². The number of anilines is 1. The van der Waals surface area contributed by atoms with Gasteiger partial charge < -0.3 is 5.73 Å². The van der Waals surface area contributed by atoms with Gasteiger partial charge in [-0.15, -0.1) is 0 Å². The number of hydrogen-bond acceptors (Lipinski definition) is 3. The number of nitrogens with one attached hydrogen (secondary N) is 2. The maximum absolute atomic E-state index is 11.8. The monoisotopic (exact) mass is 255 g/mol. The maximum Gasteiger partial charge on any atom is 0.255 e. The van der Waals surface area contributed by atoms with Crippen molar-refractivity contribution in [3.63, 3.8) is 0 Å². The molecule has 1 atom stereocenters. The minimum Gasteiger partial charge on any atom is -0.320 e. The average Bonchev–Trinajstić information content (AvgIpc) is 2.47. The van der Waals surface area contributed by atoms with Gasteiger partial charge in [0, 0.05) is 0 Å². The van der Waals surface area contributed by atoms with Gasteiger partial charge >= 0.3 is 0 Å². The van der Waals surface area contributed by atoms with Crippen LogP contribution in [-0.4, -0.2) is 11.9 Å². The van der Waals surface area contributed by atoms with Crippen LogP contribution in [0.2, 0.25) is 0 Å². The van der Waals surface area contributed by atoms with Crippen molar-refractivity contribution in [1.29, 1.82) is 0 Å². The van der Waals surface area contributed by atoms with Crippen LogP contribution in [-0.2, 0) is 11.2 Å². The van der Waals surface area contributed by atoms with E-state index in [4.69, 9.17) is 5.73 Å². The molecule has 19 heavy (non-hydrogen) atoms. The quantitative estimate of drug-likeness (QED) is 0.712. The summed E-state index contributed by atoms with van der Waals surface area (Å²) in [7, 11) is 0. The fourth-order valence-electron chi connectivity index (χ4n) is 1.71. The van der Waals surface area contributed by atoms with E-state index in [1.165, 1.54) is 0 Å². The summed E-state index contributed by atoms with van der Waals surface area (Å²) in [6, 6.07) is 18.6. The second kappa shape index (κ2) is 6.56. The molecule has 2 aromatic carbocycles. The molecule has 1 amide bonds. The molecule has 0 saturated heterocycles. The summed E-state index contributed by atoms with van der Waals surface area (Å²) in [6.07, 6.45) is 0.517. The Balaban J connectivity index is 1.83. The number of hydrazine groups is 1. The molecule has 0 unspecified atom stereocenters. The summed E-state index contributed by atoms with van der Waals surface area (Å²) in [4.78, 5) is 11.8. The van der Waals surface area contributed by atoms with Gasteiger partial charge in [0.1, 0.15) is 0 Å². The standard InChI is InChI=1S/C15H17N3O/c16-14(11-12-7-3-1-4-8-12)15(19)18-17-13-9-5-2-6-10-13/h1-10,14,17H,11,16H2,(H,18,19)/t14-/m0/s1. The predicted octanol–water partition coefficient (Wildman–Crippen LogP) is 1.70. The molecule has 2 aromatic rings. The van der Waals surface area contributed by atoms with Crippen molar-refractivity contribution in [2.75, 3.05) is 5.43 Å². The Morgan fingerprint density at radius 1 is 1.00 bits per heavy atom. The van der Waals surface area contributed by atoms with E-state index in [1.807, 2.05) is 60.7 Å². The third-order valence-corrected chi connectivity index (χ3v) is 2.74. The summed E-state index contributed by atoms with van der Waals surface area (Å²) in [5, 5.41) is 0. The third-order valence-electron chi connectivity index (χ3n) is 2.74. The summed E-state index contributed by atoms with van der Waals surface area (Å²) in [5.41, 5.74) is 13.2. The van der Waals surface area contributed by atoms with Gasteiger partial charge in [-0.2, -0.15) is 0 Å². The first kappa shape index (κ1) is 13.1. The Labute approximate surface area is 112 Å². The van der Waals surface area contributed by atoms with Gasteiger partial charge in [-0.1, -0.05) is 48.5 Å². The predicted molar refractivity (Wildman–Crippen MR) is 76.3 cm³/mol. The van der Waals surface area contributed by atoms with Gasteiger partial charge in [0.25, 0.3) is 5.91 Å². The van der Waals surface area contributed by atoms with Crippen LogP contribution < -0.4 is 16.6 Å². The van der Waals surface area contributed by atoms with E-state index in [0.29, 0.717) is 6.42 Å². The number of rotatable bonds is 5. The zero-order chi connectivity index (χ0) is 13.5. The van der Waals surface area contributed by atoms with Gasteiger partial charge in [-0.05, 0) is 24.1 Å². The number of nitrogens with two attached hydrogens (primary N) is 1. The molecule has 4 nitrogen and oxygen atoms in total. The number of para-hydroxylation sites is 1. The van der Waals surface area contributed by atoms with Gasteiger partial charge in [-0.3, -0.25) is 15.6 Å². The van der Waals surface area contributed by atoms with Gasteiger partial charge in [0.15, 0.2) is 0 Å². The van der Waals surface area contributed by atoms with E-state index >= 15 is 0 Å². The maximum atomic E-state index is 11.8. The lowest BCUT2D eigenvalue weighted by Gasteiger charge is -2.13. The van der Waals surface area contributed by atoms with Crippen LogP contribution in [0.5, 0.6) is 0 Å². The van der Waals surface area contributed by atoms with Crippen molar-refractivity contribution in [3.05, 3.63) is 66.2 Å². The lowest BCUT2D eigenvalue weighted by molar-refractivity contribution is -0.121. The van der Waals surface area contributed by atoms with E-state index in [1.54, 1.807) is 0 Å². The second-order valence-corrected chi connectivity index (χ2v) is 4.28. The van der Waals surface area contributed by atoms with Crippen LogP contribution >= 0.6 is 0 Å². The molecular formula is C15H17N3O. The molecule has 4 N–H and O–H groups in total. The number of amides is 1. The summed E-state index contributed by atoms with van der Waals surface area (Å²) in [6.45, 7) is 0. The van der Waals surface area contributed by atoms with E-state index < -0.39 is 6.04 Å². The molecular weight excluding hydrogens is 238 g/mol. The number of benzene rings is 2. The highest BCUT2D eigenvalue weighted by atomic mass is 16.2. The molecule has 0 aliphatic heterocycles. The molecule has 0 bridgehead atoms. The van der Waals surface area contributed by atoms with Gasteiger partial charge in [-0.25, -0.2) is 0 Å². The smallest absolute Gasteiger partial charge is 0.255 e. The zero-order valence-corrected chi connectivity index (χ0v) is 10.5. The minimum absolute atomic E-state index is 0.229. The highest BCUT2D eigenvalue weighted by Gasteiger charge is 2.13. The first-order chi connectivity index (χ1) is 9.25. The largest absolute Gasteiger partial charge is 0.320 e. The molecule has 0 spiro atoms. The molecule has 0 aliphatic rings. The molecule has 0 saturated carbocycles. The fraction of sp³-hybridized carbons (Fsp3) is 0.133. The number of carbonyl (C=O) groups is 1. The van der Waals surface area contributed by atoms with E-state index in [0.717, 1.165) is 11.3 Å². The molecule has 4 heteroatoms. The molecule has 0 aromatic heterocycles. The molecule has 0 heterocycles. The lowest BCUT2D eigenvalue weighted by Crippen LogP contribution is -2.44. The van der Waals surface area contributed by atoms with Crippen molar-refractivity contribution in [2.24, 2.45) is 5.73 Å². The Morgan fingerprint density at radius 3 is 2.21 bits per heavy atom. The van der Waals surface area contributed by atoms with Crippen LogP contribution in [0.25, 0.3) is 0 Å². The normalized spacial score (nSPS) is 11.6. The zero-order valence-electron chi connectivity index (χ0n) is 10.5.